The molecule has 0 aliphatic rings. The Labute approximate surface area is 156 Å². The molecule has 2 aromatic carbocycles. The number of nitrogens with one attached hydrogen (secondary N) is 2. The highest BCUT2D eigenvalue weighted by molar-refractivity contribution is 6.31. The van der Waals surface area contributed by atoms with Crippen molar-refractivity contribution < 1.29 is 19.0 Å². The van der Waals surface area contributed by atoms with Crippen LogP contribution in [0.2, 0.25) is 5.02 Å². The van der Waals surface area contributed by atoms with Crippen molar-refractivity contribution in [3.05, 3.63) is 52.7 Å². The molecule has 0 aliphatic carbocycles. The lowest BCUT2D eigenvalue weighted by atomic mass is 10.1. The third-order valence-electron chi connectivity index (χ3n) is 4.00. The number of benzene rings is 2. The predicted molar refractivity (Wildman–Crippen MR) is 101 cm³/mol. The number of carbonyl (C=O) groups is 1. The molecule has 0 saturated heterocycles. The minimum Gasteiger partial charge on any atom is -0.493 e. The van der Waals surface area contributed by atoms with Gasteiger partial charge in [-0.3, -0.25) is 4.79 Å². The molecule has 0 atom stereocenters. The molecule has 6 nitrogen and oxygen atoms in total. The van der Waals surface area contributed by atoms with E-state index in [-0.39, 0.29) is 5.91 Å². The van der Waals surface area contributed by atoms with Gasteiger partial charge in [0.15, 0.2) is 11.5 Å². The van der Waals surface area contributed by atoms with Crippen LogP contribution in [0.5, 0.6) is 17.2 Å². The van der Waals surface area contributed by atoms with Crippen LogP contribution in [0.25, 0.3) is 10.9 Å². The monoisotopic (exact) mass is 374 g/mol. The summed E-state index contributed by atoms with van der Waals surface area (Å²) < 4.78 is 15.9. The predicted octanol–water partition coefficient (Wildman–Crippen LogP) is 3.78. The Hall–Kier alpha value is -2.86. The first-order valence-electron chi connectivity index (χ1n) is 7.91. The molecule has 2 N–H and O–H groups in total. The van der Waals surface area contributed by atoms with E-state index in [1.54, 1.807) is 45.6 Å². The zero-order valence-corrected chi connectivity index (χ0v) is 15.4. The number of carbonyl (C=O) groups excluding carboxylic acids is 1. The van der Waals surface area contributed by atoms with Gasteiger partial charge in [0.1, 0.15) is 5.69 Å². The SMILES string of the molecule is COc1cc(CNC(=O)c2cc3cc(Cl)ccc3[nH]2)cc(OC)c1OC. The summed E-state index contributed by atoms with van der Waals surface area (Å²) in [6.45, 7) is 0.311. The zero-order valence-electron chi connectivity index (χ0n) is 14.7. The lowest BCUT2D eigenvalue weighted by Gasteiger charge is -2.14. The van der Waals surface area contributed by atoms with Gasteiger partial charge < -0.3 is 24.5 Å². The van der Waals surface area contributed by atoms with Gasteiger partial charge in [0.25, 0.3) is 5.91 Å². The van der Waals surface area contributed by atoms with Gasteiger partial charge in [-0.1, -0.05) is 11.6 Å². The van der Waals surface area contributed by atoms with E-state index in [9.17, 15) is 4.79 Å². The highest BCUT2D eigenvalue weighted by atomic mass is 35.5. The number of aromatic nitrogens is 1. The summed E-state index contributed by atoms with van der Waals surface area (Å²) >= 11 is 5.98. The highest BCUT2D eigenvalue weighted by Gasteiger charge is 2.14. The molecule has 0 radical (unpaired) electrons. The van der Waals surface area contributed by atoms with E-state index in [0.29, 0.717) is 34.5 Å². The maximum Gasteiger partial charge on any atom is 0.267 e. The second kappa shape index (κ2) is 7.58. The van der Waals surface area contributed by atoms with Gasteiger partial charge in [0, 0.05) is 22.5 Å². The highest BCUT2D eigenvalue weighted by Crippen LogP contribution is 2.38. The normalized spacial score (nSPS) is 10.6. The van der Waals surface area contributed by atoms with E-state index < -0.39 is 0 Å². The first-order valence-corrected chi connectivity index (χ1v) is 8.29. The number of H-pyrrole nitrogens is 1. The second-order valence-electron chi connectivity index (χ2n) is 5.63. The standard InChI is InChI=1S/C19H19ClN2O4/c1-24-16-6-11(7-17(25-2)18(16)26-3)10-21-19(23)15-9-12-8-13(20)4-5-14(12)22-15/h4-9,22H,10H2,1-3H3,(H,21,23). The molecule has 3 rings (SSSR count). The molecule has 7 heteroatoms. The van der Waals surface area contributed by atoms with Crippen LogP contribution in [0.3, 0.4) is 0 Å². The Balaban J connectivity index is 1.78. The largest absolute Gasteiger partial charge is 0.493 e. The number of aromatic amines is 1. The Bertz CT molecular complexity index is 927. The molecule has 0 unspecified atom stereocenters. The molecule has 0 saturated carbocycles. The number of hydrogen-bond acceptors (Lipinski definition) is 4. The molecule has 0 spiro atoms. The average Bonchev–Trinajstić information content (AvgIpc) is 3.08. The summed E-state index contributed by atoms with van der Waals surface area (Å²) in [6, 6.07) is 10.8. The molecule has 1 amide bonds. The van der Waals surface area contributed by atoms with Crippen molar-refractivity contribution in [3.63, 3.8) is 0 Å². The Morgan fingerprint density at radius 2 is 1.73 bits per heavy atom. The summed E-state index contributed by atoms with van der Waals surface area (Å²) in [4.78, 5) is 15.5. The van der Waals surface area contributed by atoms with E-state index in [1.165, 1.54) is 0 Å². The summed E-state index contributed by atoms with van der Waals surface area (Å²) in [6.07, 6.45) is 0. The van der Waals surface area contributed by atoms with Crippen molar-refractivity contribution in [2.24, 2.45) is 0 Å². The third-order valence-corrected chi connectivity index (χ3v) is 4.24. The van der Waals surface area contributed by atoms with Crippen molar-refractivity contribution in [1.82, 2.24) is 10.3 Å². The molecular weight excluding hydrogens is 356 g/mol. The number of halogens is 1. The number of amides is 1. The maximum absolute atomic E-state index is 12.4. The minimum absolute atomic E-state index is 0.217. The number of hydrogen-bond donors (Lipinski definition) is 2. The van der Waals surface area contributed by atoms with Gasteiger partial charge in [-0.2, -0.15) is 0 Å². The van der Waals surface area contributed by atoms with Gasteiger partial charge in [-0.05, 0) is 42.0 Å². The lowest BCUT2D eigenvalue weighted by molar-refractivity contribution is 0.0946. The molecule has 0 bridgehead atoms. The van der Waals surface area contributed by atoms with E-state index >= 15 is 0 Å². The molecule has 0 fully saturated rings. The first-order chi connectivity index (χ1) is 12.5. The summed E-state index contributed by atoms with van der Waals surface area (Å²) in [5.74, 6) is 1.37. The van der Waals surface area contributed by atoms with Crippen molar-refractivity contribution >= 4 is 28.4 Å². The summed E-state index contributed by atoms with van der Waals surface area (Å²) in [7, 11) is 4.65. The second-order valence-corrected chi connectivity index (χ2v) is 6.07. The molecule has 1 heterocycles. The molecule has 0 aliphatic heterocycles. The van der Waals surface area contributed by atoms with Gasteiger partial charge in [-0.25, -0.2) is 0 Å². The van der Waals surface area contributed by atoms with Crippen molar-refractivity contribution in [2.45, 2.75) is 6.54 Å². The Kier molecular flexibility index (Phi) is 5.23. The van der Waals surface area contributed by atoms with Crippen LogP contribution >= 0.6 is 11.6 Å². The molecule has 3 aromatic rings. The first kappa shape index (κ1) is 17.9. The number of fused-ring (bicyclic) bond motifs is 1. The fourth-order valence-electron chi connectivity index (χ4n) is 2.74. The van der Waals surface area contributed by atoms with Crippen LogP contribution in [0.1, 0.15) is 16.1 Å². The lowest BCUT2D eigenvalue weighted by Crippen LogP contribution is -2.23. The Morgan fingerprint density at radius 1 is 1.04 bits per heavy atom. The average molecular weight is 375 g/mol. The number of ether oxygens (including phenoxy) is 3. The van der Waals surface area contributed by atoms with Crippen LogP contribution in [-0.2, 0) is 6.54 Å². The number of methoxy groups -OCH3 is 3. The summed E-state index contributed by atoms with van der Waals surface area (Å²) in [5, 5.41) is 4.39. The van der Waals surface area contributed by atoms with Crippen LogP contribution in [0, 0.1) is 0 Å². The van der Waals surface area contributed by atoms with Crippen LogP contribution in [-0.4, -0.2) is 32.2 Å². The van der Waals surface area contributed by atoms with Crippen molar-refractivity contribution in [1.29, 1.82) is 0 Å². The summed E-state index contributed by atoms with van der Waals surface area (Å²) in [5.41, 5.74) is 2.15. The van der Waals surface area contributed by atoms with E-state index in [2.05, 4.69) is 10.3 Å². The van der Waals surface area contributed by atoms with Gasteiger partial charge in [0.05, 0.1) is 21.3 Å². The molecule has 136 valence electrons. The zero-order chi connectivity index (χ0) is 18.7. The molecule has 1 aromatic heterocycles. The van der Waals surface area contributed by atoms with E-state index in [1.807, 2.05) is 12.1 Å². The minimum atomic E-state index is -0.217. The van der Waals surface area contributed by atoms with E-state index in [0.717, 1.165) is 16.5 Å². The fourth-order valence-corrected chi connectivity index (χ4v) is 2.92. The number of rotatable bonds is 6. The van der Waals surface area contributed by atoms with Gasteiger partial charge >= 0.3 is 0 Å². The van der Waals surface area contributed by atoms with Crippen LogP contribution in [0.4, 0.5) is 0 Å². The quantitative estimate of drug-likeness (QED) is 0.688. The van der Waals surface area contributed by atoms with Gasteiger partial charge in [0.2, 0.25) is 5.75 Å². The third kappa shape index (κ3) is 3.55. The van der Waals surface area contributed by atoms with Crippen molar-refractivity contribution in [3.8, 4) is 17.2 Å². The van der Waals surface area contributed by atoms with Crippen LogP contribution < -0.4 is 19.5 Å². The topological polar surface area (TPSA) is 72.6 Å². The molecule has 26 heavy (non-hydrogen) atoms. The molecular formula is C19H19ClN2O4. The van der Waals surface area contributed by atoms with Crippen LogP contribution in [0.15, 0.2) is 36.4 Å². The van der Waals surface area contributed by atoms with Crippen molar-refractivity contribution in [2.75, 3.05) is 21.3 Å². The Morgan fingerprint density at radius 3 is 2.35 bits per heavy atom. The maximum atomic E-state index is 12.4. The smallest absolute Gasteiger partial charge is 0.267 e. The van der Waals surface area contributed by atoms with Gasteiger partial charge in [-0.15, -0.1) is 0 Å². The van der Waals surface area contributed by atoms with E-state index in [4.69, 9.17) is 25.8 Å². The fraction of sp³-hybridized carbons (Fsp3) is 0.211.